The molecule has 2 heterocycles. The molecule has 1 aromatic rings. The minimum Gasteiger partial charge on any atom is -0.466 e. The molecule has 2 rings (SSSR count). The summed E-state index contributed by atoms with van der Waals surface area (Å²) in [5.41, 5.74) is 0.697. The molecule has 1 fully saturated rings. The Hall–Kier alpha value is -1.63. The summed E-state index contributed by atoms with van der Waals surface area (Å²) in [5, 5.41) is 5.45. The number of nitrogens with zero attached hydrogens (tertiary/aromatic N) is 2. The molecule has 0 radical (unpaired) electrons. The van der Waals surface area contributed by atoms with Crippen LogP contribution in [0.2, 0.25) is 0 Å². The third-order valence-corrected chi connectivity index (χ3v) is 3.65. The van der Waals surface area contributed by atoms with Crippen molar-refractivity contribution in [1.82, 2.24) is 10.3 Å². The van der Waals surface area contributed by atoms with Crippen molar-refractivity contribution in [2.45, 2.75) is 19.8 Å². The van der Waals surface area contributed by atoms with Crippen LogP contribution in [0.25, 0.3) is 0 Å². The Morgan fingerprint density at radius 2 is 2.47 bits per heavy atom. The monoisotopic (exact) mass is 283 g/mol. The second kappa shape index (κ2) is 6.51. The number of ether oxygens (including phenoxy) is 1. The van der Waals surface area contributed by atoms with E-state index in [2.05, 4.69) is 10.3 Å². The van der Waals surface area contributed by atoms with E-state index in [9.17, 15) is 9.59 Å². The van der Waals surface area contributed by atoms with Gasteiger partial charge in [0.15, 0.2) is 5.13 Å². The SMILES string of the molecule is CCOC(=O)Cc1csc(N2CCCNC(=O)C2)n1. The van der Waals surface area contributed by atoms with Gasteiger partial charge in [-0.3, -0.25) is 9.59 Å². The van der Waals surface area contributed by atoms with Gasteiger partial charge in [0.25, 0.3) is 0 Å². The maximum atomic E-state index is 11.5. The molecule has 1 aromatic heterocycles. The van der Waals surface area contributed by atoms with E-state index >= 15 is 0 Å². The van der Waals surface area contributed by atoms with Gasteiger partial charge in [0, 0.05) is 18.5 Å². The van der Waals surface area contributed by atoms with Gasteiger partial charge in [-0.05, 0) is 13.3 Å². The van der Waals surface area contributed by atoms with Gasteiger partial charge in [0.2, 0.25) is 5.91 Å². The van der Waals surface area contributed by atoms with Crippen LogP contribution in [0.3, 0.4) is 0 Å². The fourth-order valence-electron chi connectivity index (χ4n) is 1.85. The van der Waals surface area contributed by atoms with Gasteiger partial charge < -0.3 is 15.0 Å². The largest absolute Gasteiger partial charge is 0.466 e. The first-order valence-corrected chi connectivity index (χ1v) is 7.18. The molecule has 1 aliphatic heterocycles. The van der Waals surface area contributed by atoms with E-state index in [0.29, 0.717) is 25.4 Å². The summed E-state index contributed by atoms with van der Waals surface area (Å²) in [4.78, 5) is 29.2. The van der Waals surface area contributed by atoms with Crippen molar-refractivity contribution in [3.05, 3.63) is 11.1 Å². The molecule has 0 unspecified atom stereocenters. The van der Waals surface area contributed by atoms with Crippen molar-refractivity contribution < 1.29 is 14.3 Å². The maximum absolute atomic E-state index is 11.5. The Morgan fingerprint density at radius 3 is 3.26 bits per heavy atom. The fraction of sp³-hybridized carbons (Fsp3) is 0.583. The van der Waals surface area contributed by atoms with Crippen LogP contribution in [0.15, 0.2) is 5.38 Å². The van der Waals surface area contributed by atoms with E-state index in [1.54, 1.807) is 6.92 Å². The predicted molar refractivity (Wildman–Crippen MR) is 72.3 cm³/mol. The highest BCUT2D eigenvalue weighted by Crippen LogP contribution is 2.21. The van der Waals surface area contributed by atoms with Crippen LogP contribution < -0.4 is 10.2 Å². The van der Waals surface area contributed by atoms with Crippen molar-refractivity contribution >= 4 is 28.3 Å². The highest BCUT2D eigenvalue weighted by atomic mass is 32.1. The molecule has 1 aliphatic rings. The summed E-state index contributed by atoms with van der Waals surface area (Å²) in [5.74, 6) is -0.257. The molecule has 1 N–H and O–H groups in total. The second-order valence-electron chi connectivity index (χ2n) is 4.23. The molecular formula is C12H17N3O3S. The summed E-state index contributed by atoms with van der Waals surface area (Å²) in [6.45, 7) is 3.98. The molecule has 0 bridgehead atoms. The molecule has 19 heavy (non-hydrogen) atoms. The van der Waals surface area contributed by atoms with E-state index in [1.807, 2.05) is 10.3 Å². The van der Waals surface area contributed by atoms with Crippen LogP contribution in [-0.4, -0.2) is 43.1 Å². The number of rotatable bonds is 4. The van der Waals surface area contributed by atoms with E-state index < -0.39 is 0 Å². The van der Waals surface area contributed by atoms with Crippen LogP contribution >= 0.6 is 11.3 Å². The lowest BCUT2D eigenvalue weighted by Crippen LogP contribution is -2.32. The molecule has 0 spiro atoms. The smallest absolute Gasteiger partial charge is 0.311 e. The standard InChI is InChI=1S/C12H17N3O3S/c1-2-18-11(17)6-9-8-19-12(14-9)15-5-3-4-13-10(16)7-15/h8H,2-7H2,1H3,(H,13,16). The van der Waals surface area contributed by atoms with Crippen LogP contribution in [0.1, 0.15) is 19.0 Å². The lowest BCUT2D eigenvalue weighted by molar-refractivity contribution is -0.142. The van der Waals surface area contributed by atoms with E-state index in [-0.39, 0.29) is 18.3 Å². The molecule has 6 nitrogen and oxygen atoms in total. The summed E-state index contributed by atoms with van der Waals surface area (Å²) in [7, 11) is 0. The first kappa shape index (κ1) is 13.8. The van der Waals surface area contributed by atoms with Gasteiger partial charge in [-0.1, -0.05) is 0 Å². The predicted octanol–water partition coefficient (Wildman–Crippen LogP) is 0.575. The first-order valence-electron chi connectivity index (χ1n) is 6.30. The van der Waals surface area contributed by atoms with E-state index in [1.165, 1.54) is 11.3 Å². The van der Waals surface area contributed by atoms with Gasteiger partial charge >= 0.3 is 5.97 Å². The quantitative estimate of drug-likeness (QED) is 0.818. The van der Waals surface area contributed by atoms with Gasteiger partial charge in [-0.25, -0.2) is 4.98 Å². The number of amides is 1. The lowest BCUT2D eigenvalue weighted by atomic mass is 10.3. The highest BCUT2D eigenvalue weighted by molar-refractivity contribution is 7.13. The number of carbonyl (C=O) groups is 2. The molecule has 104 valence electrons. The summed E-state index contributed by atoms with van der Waals surface area (Å²) < 4.78 is 4.89. The van der Waals surface area contributed by atoms with Gasteiger partial charge in [-0.15, -0.1) is 11.3 Å². The van der Waals surface area contributed by atoms with Gasteiger partial charge in [0.1, 0.15) is 0 Å². The molecule has 1 amide bonds. The molecule has 0 aliphatic carbocycles. The van der Waals surface area contributed by atoms with Crippen molar-refractivity contribution in [2.75, 3.05) is 31.1 Å². The molecular weight excluding hydrogens is 266 g/mol. The minimum absolute atomic E-state index is 0.0136. The molecule has 1 saturated heterocycles. The second-order valence-corrected chi connectivity index (χ2v) is 5.06. The number of anilines is 1. The number of hydrogen-bond acceptors (Lipinski definition) is 6. The third-order valence-electron chi connectivity index (χ3n) is 2.70. The number of aromatic nitrogens is 1. The number of thiazole rings is 1. The fourth-order valence-corrected chi connectivity index (χ4v) is 2.70. The van der Waals surface area contributed by atoms with Crippen LogP contribution in [0, 0.1) is 0 Å². The maximum Gasteiger partial charge on any atom is 0.311 e. The van der Waals surface area contributed by atoms with Crippen molar-refractivity contribution in [3.63, 3.8) is 0 Å². The number of nitrogens with one attached hydrogen (secondary N) is 1. The Labute approximate surface area is 115 Å². The molecule has 0 saturated carbocycles. The first-order chi connectivity index (χ1) is 9.19. The number of esters is 1. The Bertz CT molecular complexity index is 461. The minimum atomic E-state index is -0.270. The number of carbonyl (C=O) groups excluding carboxylic acids is 2. The zero-order valence-corrected chi connectivity index (χ0v) is 11.7. The van der Waals surface area contributed by atoms with Crippen molar-refractivity contribution in [2.24, 2.45) is 0 Å². The third kappa shape index (κ3) is 3.92. The summed E-state index contributed by atoms with van der Waals surface area (Å²) in [6, 6.07) is 0. The highest BCUT2D eigenvalue weighted by Gasteiger charge is 2.18. The average molecular weight is 283 g/mol. The average Bonchev–Trinajstić information content (AvgIpc) is 2.71. The van der Waals surface area contributed by atoms with E-state index in [4.69, 9.17) is 4.74 Å². The molecule has 0 aromatic carbocycles. The van der Waals surface area contributed by atoms with Gasteiger partial charge in [-0.2, -0.15) is 0 Å². The Morgan fingerprint density at radius 1 is 1.63 bits per heavy atom. The zero-order chi connectivity index (χ0) is 13.7. The van der Waals surface area contributed by atoms with Crippen LogP contribution in [-0.2, 0) is 20.7 Å². The Kier molecular flexibility index (Phi) is 4.73. The Balaban J connectivity index is 1.99. The van der Waals surface area contributed by atoms with E-state index in [0.717, 1.165) is 18.1 Å². The van der Waals surface area contributed by atoms with Gasteiger partial charge in [0.05, 0.1) is 25.3 Å². The molecule has 7 heteroatoms. The lowest BCUT2D eigenvalue weighted by Gasteiger charge is -2.17. The summed E-state index contributed by atoms with van der Waals surface area (Å²) >= 11 is 1.45. The van der Waals surface area contributed by atoms with Crippen LogP contribution in [0.4, 0.5) is 5.13 Å². The van der Waals surface area contributed by atoms with Crippen molar-refractivity contribution in [1.29, 1.82) is 0 Å². The summed E-state index contributed by atoms with van der Waals surface area (Å²) in [6.07, 6.45) is 1.09. The number of hydrogen-bond donors (Lipinski definition) is 1. The van der Waals surface area contributed by atoms with Crippen LogP contribution in [0.5, 0.6) is 0 Å². The topological polar surface area (TPSA) is 71.5 Å². The molecule has 0 atom stereocenters. The van der Waals surface area contributed by atoms with Crippen molar-refractivity contribution in [3.8, 4) is 0 Å². The zero-order valence-electron chi connectivity index (χ0n) is 10.8. The normalized spacial score (nSPS) is 15.8.